The van der Waals surface area contributed by atoms with Crippen molar-refractivity contribution in [3.8, 4) is 11.3 Å². The van der Waals surface area contributed by atoms with Crippen molar-refractivity contribution in [2.24, 2.45) is 0 Å². The number of rotatable bonds is 6. The maximum atomic E-state index is 13.1. The van der Waals surface area contributed by atoms with Crippen molar-refractivity contribution >= 4 is 35.1 Å². The van der Waals surface area contributed by atoms with Gasteiger partial charge in [-0.25, -0.2) is 0 Å². The Bertz CT molecular complexity index is 1560. The second kappa shape index (κ2) is 10.3. The van der Waals surface area contributed by atoms with Crippen molar-refractivity contribution in [3.63, 3.8) is 0 Å². The first-order chi connectivity index (χ1) is 18.5. The van der Waals surface area contributed by atoms with Crippen LogP contribution in [-0.4, -0.2) is 41.3 Å². The van der Waals surface area contributed by atoms with E-state index in [0.717, 1.165) is 11.6 Å². The molecule has 0 bridgehead atoms. The molecular formula is C25H19Cl2F3N8O. The van der Waals surface area contributed by atoms with E-state index in [-0.39, 0.29) is 12.5 Å². The Hall–Kier alpha value is -4.03. The fourth-order valence-corrected chi connectivity index (χ4v) is 5.02. The predicted molar refractivity (Wildman–Crippen MR) is 138 cm³/mol. The molecule has 3 aromatic heterocycles. The van der Waals surface area contributed by atoms with E-state index >= 15 is 0 Å². The first kappa shape index (κ1) is 26.6. The molecule has 39 heavy (non-hydrogen) atoms. The Balaban J connectivity index is 1.47. The molecule has 0 radical (unpaired) electrons. The minimum atomic E-state index is -4.55. The van der Waals surface area contributed by atoms with Crippen molar-refractivity contribution in [2.45, 2.75) is 31.5 Å². The number of carbonyl (C=O) groups excluding carboxylic acids is 1. The summed E-state index contributed by atoms with van der Waals surface area (Å²) in [5.74, 6) is -0.372. The molecule has 5 rings (SSSR count). The molecule has 0 fully saturated rings. The summed E-state index contributed by atoms with van der Waals surface area (Å²) < 4.78 is 41.0. The van der Waals surface area contributed by atoms with Crippen LogP contribution in [0.5, 0.6) is 0 Å². The third-order valence-electron chi connectivity index (χ3n) is 6.12. The van der Waals surface area contributed by atoms with Crippen molar-refractivity contribution in [3.05, 3.63) is 93.4 Å². The number of hydrogen-bond donors (Lipinski definition) is 2. The maximum Gasteiger partial charge on any atom is 0.433 e. The average Bonchev–Trinajstić information content (AvgIpc) is 3.54. The monoisotopic (exact) mass is 574 g/mol. The van der Waals surface area contributed by atoms with Crippen LogP contribution >= 0.6 is 23.2 Å². The largest absolute Gasteiger partial charge is 0.433 e. The molecule has 1 amide bonds. The van der Waals surface area contributed by atoms with Crippen LogP contribution in [0.1, 0.15) is 40.7 Å². The number of aromatic nitrogens is 7. The molecule has 9 nitrogen and oxygen atoms in total. The number of halogens is 5. The lowest BCUT2D eigenvalue weighted by Crippen LogP contribution is -2.22. The van der Waals surface area contributed by atoms with E-state index < -0.39 is 23.2 Å². The number of allylic oxidation sites excluding steroid dienone is 4. The standard InChI is InChI=1S/C25H19Cl2F3N8O/c1-24(10-17(26)8-18(27)11-24)21-9-19(16-6-7-20(31-12-16)25(28,29)30)38(35-21)13-14-2-4-15(5-3-14)22(39)32-23-33-36-37-34-23/h2-10,12H,11,13H2,1H3,(H2,32,33,34,36,37,39). The Labute approximate surface area is 229 Å². The highest BCUT2D eigenvalue weighted by Crippen LogP contribution is 2.40. The number of aromatic amines is 1. The number of benzene rings is 1. The van der Waals surface area contributed by atoms with Crippen LogP contribution in [0.15, 0.2) is 70.9 Å². The van der Waals surface area contributed by atoms with E-state index in [4.69, 9.17) is 28.3 Å². The van der Waals surface area contributed by atoms with Gasteiger partial charge in [0.1, 0.15) is 5.69 Å². The molecule has 0 aliphatic heterocycles. The van der Waals surface area contributed by atoms with Gasteiger partial charge in [-0.2, -0.15) is 23.5 Å². The Kier molecular flexibility index (Phi) is 7.00. The van der Waals surface area contributed by atoms with Crippen LogP contribution in [0, 0.1) is 0 Å². The summed E-state index contributed by atoms with van der Waals surface area (Å²) in [5, 5.41) is 21.3. The number of alkyl halides is 3. The van der Waals surface area contributed by atoms with Gasteiger partial charge >= 0.3 is 6.18 Å². The molecule has 1 aliphatic rings. The average molecular weight is 575 g/mol. The van der Waals surface area contributed by atoms with Gasteiger partial charge in [0.05, 0.1) is 17.9 Å². The molecule has 1 atom stereocenters. The summed E-state index contributed by atoms with van der Waals surface area (Å²) in [7, 11) is 0. The summed E-state index contributed by atoms with van der Waals surface area (Å²) in [6.07, 6.45) is 0.584. The fraction of sp³-hybridized carbons (Fsp3) is 0.200. The van der Waals surface area contributed by atoms with Gasteiger partial charge in [0.25, 0.3) is 11.9 Å². The SMILES string of the molecule is CC1(c2cc(-c3ccc(C(F)(F)F)nc3)n(Cc3ccc(C(=O)Nc4nn[nH]n4)cc3)n2)C=C(Cl)C=C(Cl)C1. The van der Waals surface area contributed by atoms with E-state index in [1.54, 1.807) is 41.1 Å². The van der Waals surface area contributed by atoms with E-state index in [9.17, 15) is 18.0 Å². The van der Waals surface area contributed by atoms with Crippen molar-refractivity contribution < 1.29 is 18.0 Å². The van der Waals surface area contributed by atoms with Gasteiger partial charge in [-0.1, -0.05) is 46.5 Å². The van der Waals surface area contributed by atoms with Crippen LogP contribution in [0.25, 0.3) is 11.3 Å². The Morgan fingerprint density at radius 3 is 2.56 bits per heavy atom. The number of nitrogens with one attached hydrogen (secondary N) is 2. The zero-order valence-corrected chi connectivity index (χ0v) is 21.7. The van der Waals surface area contributed by atoms with Gasteiger partial charge in [0.2, 0.25) is 0 Å². The lowest BCUT2D eigenvalue weighted by molar-refractivity contribution is -0.141. The highest BCUT2D eigenvalue weighted by molar-refractivity contribution is 6.35. The number of amides is 1. The molecule has 200 valence electrons. The number of carbonyl (C=O) groups is 1. The second-order valence-corrected chi connectivity index (χ2v) is 10.0. The number of tetrazole rings is 1. The summed E-state index contributed by atoms with van der Waals surface area (Å²) in [4.78, 5) is 16.0. The van der Waals surface area contributed by atoms with Gasteiger partial charge in [0.15, 0.2) is 0 Å². The zero-order valence-electron chi connectivity index (χ0n) is 20.2. The Morgan fingerprint density at radius 2 is 1.95 bits per heavy atom. The number of hydrogen-bond acceptors (Lipinski definition) is 6. The number of pyridine rings is 1. The predicted octanol–water partition coefficient (Wildman–Crippen LogP) is 5.68. The highest BCUT2D eigenvalue weighted by Gasteiger charge is 2.34. The first-order valence-corrected chi connectivity index (χ1v) is 12.3. The van der Waals surface area contributed by atoms with Crippen molar-refractivity contribution in [1.82, 2.24) is 35.4 Å². The van der Waals surface area contributed by atoms with Gasteiger partial charge in [-0.3, -0.25) is 19.8 Å². The van der Waals surface area contributed by atoms with Gasteiger partial charge in [-0.15, -0.1) is 5.10 Å². The van der Waals surface area contributed by atoms with Gasteiger partial charge in [-0.05, 0) is 60.5 Å². The molecule has 1 aromatic carbocycles. The smallest absolute Gasteiger partial charge is 0.288 e. The van der Waals surface area contributed by atoms with Gasteiger partial charge in [0, 0.05) is 32.8 Å². The fourth-order valence-electron chi connectivity index (χ4n) is 4.20. The first-order valence-electron chi connectivity index (χ1n) is 11.5. The molecule has 1 unspecified atom stereocenters. The molecule has 14 heteroatoms. The molecule has 4 aromatic rings. The van der Waals surface area contributed by atoms with E-state index in [1.165, 1.54) is 12.3 Å². The van der Waals surface area contributed by atoms with Crippen LogP contribution in [0.2, 0.25) is 0 Å². The minimum absolute atomic E-state index is 0.0447. The van der Waals surface area contributed by atoms with Crippen molar-refractivity contribution in [2.75, 3.05) is 5.32 Å². The number of H-pyrrole nitrogens is 1. The third-order valence-corrected chi connectivity index (χ3v) is 6.58. The van der Waals surface area contributed by atoms with Crippen LogP contribution < -0.4 is 5.32 Å². The van der Waals surface area contributed by atoms with Crippen LogP contribution in [0.3, 0.4) is 0 Å². The highest BCUT2D eigenvalue weighted by atomic mass is 35.5. The quantitative estimate of drug-likeness (QED) is 0.306. The number of nitrogens with zero attached hydrogens (tertiary/aromatic N) is 6. The summed E-state index contributed by atoms with van der Waals surface area (Å²) >= 11 is 12.6. The molecule has 2 N–H and O–H groups in total. The minimum Gasteiger partial charge on any atom is -0.288 e. The molecule has 0 spiro atoms. The second-order valence-electron chi connectivity index (χ2n) is 9.10. The van der Waals surface area contributed by atoms with Crippen LogP contribution in [-0.2, 0) is 18.1 Å². The summed E-state index contributed by atoms with van der Waals surface area (Å²) in [5.41, 5.74) is 1.18. The molecule has 1 aliphatic carbocycles. The maximum absolute atomic E-state index is 13.1. The molecule has 0 saturated carbocycles. The van der Waals surface area contributed by atoms with Crippen molar-refractivity contribution in [1.29, 1.82) is 0 Å². The lowest BCUT2D eigenvalue weighted by Gasteiger charge is -2.27. The molecule has 3 heterocycles. The Morgan fingerprint density at radius 1 is 1.18 bits per heavy atom. The van der Waals surface area contributed by atoms with E-state index in [1.807, 2.05) is 13.0 Å². The molecule has 0 saturated heterocycles. The lowest BCUT2D eigenvalue weighted by atomic mass is 9.80. The topological polar surface area (TPSA) is 114 Å². The normalized spacial score (nSPS) is 17.5. The zero-order chi connectivity index (χ0) is 27.8. The molecular weight excluding hydrogens is 556 g/mol. The number of anilines is 1. The summed E-state index contributed by atoms with van der Waals surface area (Å²) in [6.45, 7) is 2.20. The van der Waals surface area contributed by atoms with E-state index in [0.29, 0.717) is 39.0 Å². The van der Waals surface area contributed by atoms with E-state index in [2.05, 4.69) is 30.9 Å². The van der Waals surface area contributed by atoms with Gasteiger partial charge < -0.3 is 0 Å². The van der Waals surface area contributed by atoms with Crippen LogP contribution in [0.4, 0.5) is 19.1 Å². The third kappa shape index (κ3) is 5.86. The summed E-state index contributed by atoms with van der Waals surface area (Å²) in [6, 6.07) is 10.8.